The van der Waals surface area contributed by atoms with E-state index in [4.69, 9.17) is 9.47 Å². The third-order valence-corrected chi connectivity index (χ3v) is 4.78. The van der Waals surface area contributed by atoms with Crippen LogP contribution in [0.25, 0.3) is 4.96 Å². The molecule has 0 amide bonds. The van der Waals surface area contributed by atoms with Gasteiger partial charge in [-0.05, 0) is 24.0 Å². The molecular weight excluding hydrogens is 320 g/mol. The molecule has 22 heavy (non-hydrogen) atoms. The van der Waals surface area contributed by atoms with E-state index in [1.807, 2.05) is 22.9 Å². The number of benzene rings is 1. The Balaban J connectivity index is 1.60. The second kappa shape index (κ2) is 5.77. The van der Waals surface area contributed by atoms with Gasteiger partial charge < -0.3 is 9.47 Å². The van der Waals surface area contributed by atoms with Crippen LogP contribution in [0.15, 0.2) is 18.2 Å². The summed E-state index contributed by atoms with van der Waals surface area (Å²) in [5, 5.41) is 14.0. The summed E-state index contributed by atoms with van der Waals surface area (Å²) < 4.78 is 13.0. The third-order valence-electron chi connectivity index (χ3n) is 3.33. The van der Waals surface area contributed by atoms with Gasteiger partial charge in [-0.2, -0.15) is 21.4 Å². The smallest absolute Gasteiger partial charge is 0.234 e. The van der Waals surface area contributed by atoms with E-state index in [0.29, 0.717) is 13.2 Å². The molecule has 1 aliphatic rings. The molecular formula is C14H14N4O2S2. The third kappa shape index (κ3) is 2.52. The van der Waals surface area contributed by atoms with Crippen LogP contribution in [0.3, 0.4) is 0 Å². The van der Waals surface area contributed by atoms with Crippen molar-refractivity contribution in [1.29, 1.82) is 0 Å². The molecule has 114 valence electrons. The average molecular weight is 334 g/mol. The lowest BCUT2D eigenvalue weighted by atomic mass is 10.1. The van der Waals surface area contributed by atoms with Crippen molar-refractivity contribution in [3.05, 3.63) is 34.6 Å². The van der Waals surface area contributed by atoms with Gasteiger partial charge in [0.15, 0.2) is 17.3 Å². The number of thioether (sulfide) groups is 1. The SMILES string of the molecule is CSCc1nnc2sc(Cc3ccc4c(c3)OCCO4)nn12. The number of aromatic nitrogens is 4. The molecule has 0 spiro atoms. The maximum atomic E-state index is 5.62. The molecule has 0 aliphatic carbocycles. The van der Waals surface area contributed by atoms with Crippen molar-refractivity contribution in [3.63, 3.8) is 0 Å². The highest BCUT2D eigenvalue weighted by Gasteiger charge is 2.14. The van der Waals surface area contributed by atoms with Crippen LogP contribution < -0.4 is 9.47 Å². The van der Waals surface area contributed by atoms with E-state index in [0.717, 1.165) is 45.0 Å². The lowest BCUT2D eigenvalue weighted by molar-refractivity contribution is 0.171. The Morgan fingerprint density at radius 3 is 2.95 bits per heavy atom. The molecule has 0 unspecified atom stereocenters. The van der Waals surface area contributed by atoms with Gasteiger partial charge >= 0.3 is 0 Å². The molecule has 3 aromatic rings. The summed E-state index contributed by atoms with van der Waals surface area (Å²) >= 11 is 3.29. The molecule has 6 nitrogen and oxygen atoms in total. The largest absolute Gasteiger partial charge is 0.486 e. The van der Waals surface area contributed by atoms with E-state index >= 15 is 0 Å². The minimum Gasteiger partial charge on any atom is -0.486 e. The van der Waals surface area contributed by atoms with Gasteiger partial charge in [-0.15, -0.1) is 10.2 Å². The van der Waals surface area contributed by atoms with Crippen LogP contribution in [0.4, 0.5) is 0 Å². The van der Waals surface area contributed by atoms with Crippen molar-refractivity contribution >= 4 is 28.1 Å². The fourth-order valence-corrected chi connectivity index (χ4v) is 3.68. The van der Waals surface area contributed by atoms with Crippen LogP contribution in [0, 0.1) is 0 Å². The Morgan fingerprint density at radius 2 is 2.09 bits per heavy atom. The van der Waals surface area contributed by atoms with Crippen molar-refractivity contribution in [1.82, 2.24) is 19.8 Å². The molecule has 2 aromatic heterocycles. The van der Waals surface area contributed by atoms with E-state index in [-0.39, 0.29) is 0 Å². The van der Waals surface area contributed by atoms with Gasteiger partial charge in [0.05, 0.1) is 5.75 Å². The maximum Gasteiger partial charge on any atom is 0.234 e. The Morgan fingerprint density at radius 1 is 1.23 bits per heavy atom. The normalized spacial score (nSPS) is 13.7. The topological polar surface area (TPSA) is 61.5 Å². The molecule has 8 heteroatoms. The molecule has 0 saturated carbocycles. The number of hydrogen-bond acceptors (Lipinski definition) is 7. The number of ether oxygens (including phenoxy) is 2. The first-order valence-electron chi connectivity index (χ1n) is 6.91. The molecule has 1 aromatic carbocycles. The lowest BCUT2D eigenvalue weighted by Gasteiger charge is -2.18. The first kappa shape index (κ1) is 13.8. The van der Waals surface area contributed by atoms with Gasteiger partial charge in [0.1, 0.15) is 18.2 Å². The summed E-state index contributed by atoms with van der Waals surface area (Å²) in [7, 11) is 0. The minimum atomic E-state index is 0.602. The van der Waals surface area contributed by atoms with Crippen LogP contribution in [-0.2, 0) is 12.2 Å². The predicted octanol–water partition coefficient (Wildman–Crippen LogP) is 2.41. The average Bonchev–Trinajstić information content (AvgIpc) is 3.09. The van der Waals surface area contributed by atoms with E-state index in [1.165, 1.54) is 0 Å². The summed E-state index contributed by atoms with van der Waals surface area (Å²) in [5.41, 5.74) is 1.15. The number of fused-ring (bicyclic) bond motifs is 2. The second-order valence-corrected chi connectivity index (χ2v) is 6.80. The van der Waals surface area contributed by atoms with Crippen LogP contribution in [0.5, 0.6) is 11.5 Å². The number of hydrogen-bond donors (Lipinski definition) is 0. The van der Waals surface area contributed by atoms with E-state index < -0.39 is 0 Å². The first-order chi connectivity index (χ1) is 10.8. The molecule has 0 fully saturated rings. The van der Waals surface area contributed by atoms with Crippen molar-refractivity contribution in [2.45, 2.75) is 12.2 Å². The Hall–Kier alpha value is -1.80. The molecule has 0 atom stereocenters. The predicted molar refractivity (Wildman–Crippen MR) is 86.1 cm³/mol. The Kier molecular flexibility index (Phi) is 3.63. The van der Waals surface area contributed by atoms with Crippen molar-refractivity contribution in [3.8, 4) is 11.5 Å². The van der Waals surface area contributed by atoms with Gasteiger partial charge in [0, 0.05) is 6.42 Å². The first-order valence-corrected chi connectivity index (χ1v) is 9.12. The van der Waals surface area contributed by atoms with Crippen LogP contribution in [0.2, 0.25) is 0 Å². The van der Waals surface area contributed by atoms with Crippen molar-refractivity contribution in [2.24, 2.45) is 0 Å². The minimum absolute atomic E-state index is 0.602. The fourth-order valence-electron chi connectivity index (χ4n) is 2.36. The molecule has 0 N–H and O–H groups in total. The zero-order valence-corrected chi connectivity index (χ0v) is 13.6. The van der Waals surface area contributed by atoms with E-state index in [2.05, 4.69) is 21.4 Å². The second-order valence-electron chi connectivity index (χ2n) is 4.89. The van der Waals surface area contributed by atoms with E-state index in [1.54, 1.807) is 23.1 Å². The van der Waals surface area contributed by atoms with Crippen LogP contribution >= 0.6 is 23.1 Å². The van der Waals surface area contributed by atoms with Crippen molar-refractivity contribution < 1.29 is 9.47 Å². The standard InChI is InChI=1S/C14H14N4O2S2/c1-21-8-12-15-16-14-18(12)17-13(22-14)7-9-2-3-10-11(6-9)20-5-4-19-10/h2-3,6H,4-5,7-8H2,1H3. The lowest BCUT2D eigenvalue weighted by Crippen LogP contribution is -2.15. The number of rotatable bonds is 4. The quantitative estimate of drug-likeness (QED) is 0.730. The van der Waals surface area contributed by atoms with Gasteiger partial charge in [-0.1, -0.05) is 17.4 Å². The van der Waals surface area contributed by atoms with Crippen molar-refractivity contribution in [2.75, 3.05) is 19.5 Å². The summed E-state index contributed by atoms with van der Waals surface area (Å²) in [6, 6.07) is 6.04. The molecule has 3 heterocycles. The van der Waals surface area contributed by atoms with Crippen LogP contribution in [-0.4, -0.2) is 39.3 Å². The molecule has 0 bridgehead atoms. The zero-order chi connectivity index (χ0) is 14.9. The molecule has 4 rings (SSSR count). The summed E-state index contributed by atoms with van der Waals surface area (Å²) in [6.45, 7) is 1.21. The highest BCUT2D eigenvalue weighted by atomic mass is 32.2. The summed E-state index contributed by atoms with van der Waals surface area (Å²) in [6.07, 6.45) is 2.80. The molecule has 1 aliphatic heterocycles. The van der Waals surface area contributed by atoms with Gasteiger partial charge in [0.25, 0.3) is 0 Å². The highest BCUT2D eigenvalue weighted by Crippen LogP contribution is 2.31. The fraction of sp³-hybridized carbons (Fsp3) is 0.357. The molecule has 0 radical (unpaired) electrons. The Bertz CT molecular complexity index is 814. The molecule has 0 saturated heterocycles. The van der Waals surface area contributed by atoms with E-state index in [9.17, 15) is 0 Å². The highest BCUT2D eigenvalue weighted by molar-refractivity contribution is 7.97. The zero-order valence-electron chi connectivity index (χ0n) is 12.0. The summed E-state index contributed by atoms with van der Waals surface area (Å²) in [5.74, 6) is 3.34. The van der Waals surface area contributed by atoms with Crippen LogP contribution in [0.1, 0.15) is 16.4 Å². The number of nitrogens with zero attached hydrogens (tertiary/aromatic N) is 4. The monoisotopic (exact) mass is 334 g/mol. The maximum absolute atomic E-state index is 5.62. The van der Waals surface area contributed by atoms with Gasteiger partial charge in [-0.25, -0.2) is 0 Å². The van der Waals surface area contributed by atoms with Gasteiger partial charge in [-0.3, -0.25) is 0 Å². The van der Waals surface area contributed by atoms with Gasteiger partial charge in [0.2, 0.25) is 4.96 Å². The summed E-state index contributed by atoms with van der Waals surface area (Å²) in [4.78, 5) is 0.844. The Labute approximate surface area is 135 Å².